The summed E-state index contributed by atoms with van der Waals surface area (Å²) in [7, 11) is 0. The Balaban J connectivity index is 1.63. The van der Waals surface area contributed by atoms with E-state index in [1.165, 1.54) is 64.7 Å². The van der Waals surface area contributed by atoms with E-state index in [0.29, 0.717) is 0 Å². The summed E-state index contributed by atoms with van der Waals surface area (Å²) in [6.45, 7) is 7.41. The maximum Gasteiger partial charge on any atom is 0.0195 e. The number of piperazine rings is 1. The second-order valence-electron chi connectivity index (χ2n) is 5.33. The SMILES string of the molecule is CCCC1CN(CCC2CCC2)CCN1. The Morgan fingerprint density at radius 2 is 2.13 bits per heavy atom. The van der Waals surface area contributed by atoms with Crippen LogP contribution in [0.4, 0.5) is 0 Å². The van der Waals surface area contributed by atoms with Crippen LogP contribution in [0.5, 0.6) is 0 Å². The Morgan fingerprint density at radius 1 is 1.27 bits per heavy atom. The van der Waals surface area contributed by atoms with Crippen molar-refractivity contribution in [3.63, 3.8) is 0 Å². The Bertz CT molecular complexity index is 175. The van der Waals surface area contributed by atoms with Crippen molar-refractivity contribution in [3.05, 3.63) is 0 Å². The van der Waals surface area contributed by atoms with Crippen molar-refractivity contribution >= 4 is 0 Å². The number of hydrogen-bond donors (Lipinski definition) is 1. The fourth-order valence-corrected chi connectivity index (χ4v) is 2.79. The third-order valence-corrected chi connectivity index (χ3v) is 4.06. The smallest absolute Gasteiger partial charge is 0.0195 e. The van der Waals surface area contributed by atoms with E-state index in [0.717, 1.165) is 12.0 Å². The summed E-state index contributed by atoms with van der Waals surface area (Å²) < 4.78 is 0. The lowest BCUT2D eigenvalue weighted by atomic mass is 9.83. The zero-order valence-corrected chi connectivity index (χ0v) is 10.2. The van der Waals surface area contributed by atoms with Gasteiger partial charge in [0.1, 0.15) is 0 Å². The van der Waals surface area contributed by atoms with Crippen molar-refractivity contribution in [3.8, 4) is 0 Å². The lowest BCUT2D eigenvalue weighted by Gasteiger charge is -2.35. The molecule has 15 heavy (non-hydrogen) atoms. The van der Waals surface area contributed by atoms with E-state index in [1.807, 2.05) is 0 Å². The summed E-state index contributed by atoms with van der Waals surface area (Å²) in [4.78, 5) is 2.68. The number of rotatable bonds is 5. The van der Waals surface area contributed by atoms with Gasteiger partial charge in [-0.05, 0) is 25.3 Å². The van der Waals surface area contributed by atoms with Gasteiger partial charge in [-0.2, -0.15) is 0 Å². The molecule has 0 spiro atoms. The van der Waals surface area contributed by atoms with Gasteiger partial charge in [-0.3, -0.25) is 0 Å². The lowest BCUT2D eigenvalue weighted by molar-refractivity contribution is 0.167. The highest BCUT2D eigenvalue weighted by Gasteiger charge is 2.21. The van der Waals surface area contributed by atoms with Crippen molar-refractivity contribution in [2.45, 2.75) is 51.5 Å². The summed E-state index contributed by atoms with van der Waals surface area (Å²) in [5.74, 6) is 1.07. The third kappa shape index (κ3) is 3.46. The minimum Gasteiger partial charge on any atom is -0.311 e. The van der Waals surface area contributed by atoms with Gasteiger partial charge >= 0.3 is 0 Å². The first kappa shape index (κ1) is 11.4. The monoisotopic (exact) mass is 210 g/mol. The minimum absolute atomic E-state index is 0.769. The van der Waals surface area contributed by atoms with Gasteiger partial charge in [0, 0.05) is 25.7 Å². The Morgan fingerprint density at radius 3 is 2.80 bits per heavy atom. The average Bonchev–Trinajstić information content (AvgIpc) is 2.16. The molecule has 0 bridgehead atoms. The summed E-state index contributed by atoms with van der Waals surface area (Å²) in [5, 5.41) is 3.62. The van der Waals surface area contributed by atoms with E-state index in [-0.39, 0.29) is 0 Å². The van der Waals surface area contributed by atoms with Gasteiger partial charge in [0.25, 0.3) is 0 Å². The molecule has 0 radical (unpaired) electrons. The molecule has 1 N–H and O–H groups in total. The molecule has 2 fully saturated rings. The van der Waals surface area contributed by atoms with Gasteiger partial charge in [-0.25, -0.2) is 0 Å². The Labute approximate surface area is 94.4 Å². The number of nitrogens with one attached hydrogen (secondary N) is 1. The van der Waals surface area contributed by atoms with Crippen LogP contribution in [0.2, 0.25) is 0 Å². The number of hydrogen-bond acceptors (Lipinski definition) is 2. The van der Waals surface area contributed by atoms with Crippen molar-refractivity contribution < 1.29 is 0 Å². The predicted molar refractivity (Wildman–Crippen MR) is 65.1 cm³/mol. The fourth-order valence-electron chi connectivity index (χ4n) is 2.79. The zero-order valence-electron chi connectivity index (χ0n) is 10.2. The molecule has 2 rings (SSSR count). The molecule has 0 amide bonds. The second-order valence-corrected chi connectivity index (χ2v) is 5.33. The van der Waals surface area contributed by atoms with Crippen LogP contribution in [-0.2, 0) is 0 Å². The predicted octanol–water partition coefficient (Wildman–Crippen LogP) is 2.25. The van der Waals surface area contributed by atoms with Gasteiger partial charge in [-0.15, -0.1) is 0 Å². The van der Waals surface area contributed by atoms with Crippen molar-refractivity contribution in [2.75, 3.05) is 26.2 Å². The van der Waals surface area contributed by atoms with Crippen LogP contribution in [0.15, 0.2) is 0 Å². The summed E-state index contributed by atoms with van der Waals surface area (Å²) in [6, 6.07) is 0.769. The molecule has 1 aliphatic carbocycles. The molecule has 2 aliphatic rings. The highest BCUT2D eigenvalue weighted by Crippen LogP contribution is 2.29. The first-order valence-corrected chi connectivity index (χ1v) is 6.84. The maximum absolute atomic E-state index is 3.62. The largest absolute Gasteiger partial charge is 0.311 e. The molecule has 0 aromatic heterocycles. The molecule has 1 unspecified atom stereocenters. The molecule has 88 valence electrons. The van der Waals surface area contributed by atoms with Crippen LogP contribution in [0, 0.1) is 5.92 Å². The highest BCUT2D eigenvalue weighted by molar-refractivity contribution is 4.79. The second kappa shape index (κ2) is 5.86. The Hall–Kier alpha value is -0.0800. The van der Waals surface area contributed by atoms with Crippen molar-refractivity contribution in [1.82, 2.24) is 10.2 Å². The van der Waals surface area contributed by atoms with Crippen LogP contribution in [-0.4, -0.2) is 37.1 Å². The first-order chi connectivity index (χ1) is 7.38. The van der Waals surface area contributed by atoms with E-state index in [1.54, 1.807) is 0 Å². The third-order valence-electron chi connectivity index (χ3n) is 4.06. The zero-order chi connectivity index (χ0) is 10.5. The lowest BCUT2D eigenvalue weighted by Crippen LogP contribution is -2.50. The van der Waals surface area contributed by atoms with E-state index < -0.39 is 0 Å². The van der Waals surface area contributed by atoms with Crippen LogP contribution < -0.4 is 5.32 Å². The molecular weight excluding hydrogens is 184 g/mol. The molecule has 1 atom stereocenters. The molecule has 2 heteroatoms. The standard InChI is InChI=1S/C13H26N2/c1-2-4-13-11-15(10-8-14-13)9-7-12-5-3-6-12/h12-14H,2-11H2,1H3. The quantitative estimate of drug-likeness (QED) is 0.749. The van der Waals surface area contributed by atoms with Crippen molar-refractivity contribution in [1.29, 1.82) is 0 Å². The fraction of sp³-hybridized carbons (Fsp3) is 1.00. The normalized spacial score (nSPS) is 29.0. The summed E-state index contributed by atoms with van der Waals surface area (Å²) in [5.41, 5.74) is 0. The average molecular weight is 210 g/mol. The van der Waals surface area contributed by atoms with Crippen molar-refractivity contribution in [2.24, 2.45) is 5.92 Å². The van der Waals surface area contributed by atoms with Gasteiger partial charge in [0.05, 0.1) is 0 Å². The van der Waals surface area contributed by atoms with E-state index in [4.69, 9.17) is 0 Å². The molecule has 0 aromatic rings. The number of nitrogens with zero attached hydrogens (tertiary/aromatic N) is 1. The molecule has 1 aliphatic heterocycles. The van der Waals surface area contributed by atoms with Gasteiger partial charge in [-0.1, -0.05) is 32.6 Å². The van der Waals surface area contributed by atoms with E-state index in [9.17, 15) is 0 Å². The van der Waals surface area contributed by atoms with Crippen LogP contribution in [0.3, 0.4) is 0 Å². The Kier molecular flexibility index (Phi) is 4.45. The molecule has 1 saturated carbocycles. The van der Waals surface area contributed by atoms with Gasteiger partial charge in [0.15, 0.2) is 0 Å². The first-order valence-electron chi connectivity index (χ1n) is 6.84. The minimum atomic E-state index is 0.769. The van der Waals surface area contributed by atoms with Crippen LogP contribution >= 0.6 is 0 Å². The molecule has 1 heterocycles. The van der Waals surface area contributed by atoms with E-state index in [2.05, 4.69) is 17.1 Å². The van der Waals surface area contributed by atoms with Crippen LogP contribution in [0.1, 0.15) is 45.4 Å². The molecule has 0 aromatic carbocycles. The molecule has 2 nitrogen and oxygen atoms in total. The van der Waals surface area contributed by atoms with Gasteiger partial charge < -0.3 is 10.2 Å². The molecule has 1 saturated heterocycles. The maximum atomic E-state index is 3.62. The molecular formula is C13H26N2. The highest BCUT2D eigenvalue weighted by atomic mass is 15.2. The summed E-state index contributed by atoms with van der Waals surface area (Å²) >= 11 is 0. The summed E-state index contributed by atoms with van der Waals surface area (Å²) in [6.07, 6.45) is 8.62. The van der Waals surface area contributed by atoms with Gasteiger partial charge in [0.2, 0.25) is 0 Å². The topological polar surface area (TPSA) is 15.3 Å². The van der Waals surface area contributed by atoms with Crippen LogP contribution in [0.25, 0.3) is 0 Å². The van der Waals surface area contributed by atoms with E-state index >= 15 is 0 Å².